The summed E-state index contributed by atoms with van der Waals surface area (Å²) in [5.74, 6) is 1.74. The van der Waals surface area contributed by atoms with Crippen LogP contribution in [0.4, 0.5) is 0 Å². The van der Waals surface area contributed by atoms with Crippen LogP contribution in [0, 0.1) is 5.41 Å². The first-order valence-electron chi connectivity index (χ1n) is 7.55. The Bertz CT molecular complexity index is 611. The van der Waals surface area contributed by atoms with Crippen LogP contribution in [0.5, 0.6) is 0 Å². The molecule has 2 aliphatic heterocycles. The molecule has 118 valence electrons. The summed E-state index contributed by atoms with van der Waals surface area (Å²) in [5.41, 5.74) is 1.22. The fraction of sp³-hybridized carbons (Fsp3) is 0.500. The Labute approximate surface area is 135 Å². The highest BCUT2D eigenvalue weighted by molar-refractivity contribution is 5.85. The van der Waals surface area contributed by atoms with E-state index >= 15 is 0 Å². The Balaban J connectivity index is 0.00000144. The number of aromatic nitrogens is 2. The van der Waals surface area contributed by atoms with Gasteiger partial charge in [-0.2, -0.15) is 4.98 Å². The highest BCUT2D eigenvalue weighted by Crippen LogP contribution is 2.46. The molecule has 2 aromatic rings. The van der Waals surface area contributed by atoms with Crippen molar-refractivity contribution in [3.8, 4) is 11.4 Å². The molecule has 4 rings (SSSR count). The summed E-state index contributed by atoms with van der Waals surface area (Å²) in [5, 5.41) is 7.66. The van der Waals surface area contributed by atoms with Crippen LogP contribution in [-0.2, 0) is 4.74 Å². The van der Waals surface area contributed by atoms with Crippen molar-refractivity contribution in [3.63, 3.8) is 0 Å². The van der Waals surface area contributed by atoms with Gasteiger partial charge in [-0.3, -0.25) is 0 Å². The van der Waals surface area contributed by atoms with Crippen molar-refractivity contribution >= 4 is 12.4 Å². The summed E-state index contributed by atoms with van der Waals surface area (Å²) in [4.78, 5) is 4.65. The minimum Gasteiger partial charge on any atom is -0.381 e. The Kier molecular flexibility index (Phi) is 4.47. The number of benzene rings is 1. The predicted octanol–water partition coefficient (Wildman–Crippen LogP) is 2.64. The first-order valence-corrected chi connectivity index (χ1v) is 7.55. The normalized spacial score (nSPS) is 23.4. The molecule has 5 nitrogen and oxygen atoms in total. The van der Waals surface area contributed by atoms with E-state index in [1.54, 1.807) is 0 Å². The number of ether oxygens (including phenoxy) is 1. The molecule has 2 aliphatic rings. The Morgan fingerprint density at radius 2 is 1.91 bits per heavy atom. The number of hydrogen-bond donors (Lipinski definition) is 1. The van der Waals surface area contributed by atoms with Crippen LogP contribution in [0.3, 0.4) is 0 Å². The van der Waals surface area contributed by atoms with Gasteiger partial charge in [0.15, 0.2) is 0 Å². The standard InChI is InChI=1S/C16H19N3O2.ClH/c1-2-4-12(5-3-1)14-18-15(21-19-14)13-10-17-11-16(13)6-8-20-9-7-16;/h1-5,13,17H,6-11H2;1H. The fourth-order valence-electron chi connectivity index (χ4n) is 3.54. The average Bonchev–Trinajstić information content (AvgIpc) is 3.16. The largest absolute Gasteiger partial charge is 0.381 e. The van der Waals surface area contributed by atoms with Gasteiger partial charge in [0.2, 0.25) is 11.7 Å². The van der Waals surface area contributed by atoms with Crippen molar-refractivity contribution < 1.29 is 9.26 Å². The number of nitrogens with one attached hydrogen (secondary N) is 1. The molecule has 0 radical (unpaired) electrons. The van der Waals surface area contributed by atoms with Gasteiger partial charge < -0.3 is 14.6 Å². The van der Waals surface area contributed by atoms with Crippen molar-refractivity contribution in [1.82, 2.24) is 15.5 Å². The Hall–Kier alpha value is -1.43. The smallest absolute Gasteiger partial charge is 0.231 e. The van der Waals surface area contributed by atoms with E-state index in [0.29, 0.717) is 11.7 Å². The van der Waals surface area contributed by atoms with Crippen molar-refractivity contribution in [2.24, 2.45) is 5.41 Å². The molecule has 22 heavy (non-hydrogen) atoms. The minimum atomic E-state index is 0. The van der Waals surface area contributed by atoms with E-state index in [2.05, 4.69) is 15.5 Å². The van der Waals surface area contributed by atoms with E-state index in [1.165, 1.54) is 0 Å². The molecule has 0 aliphatic carbocycles. The molecule has 2 saturated heterocycles. The lowest BCUT2D eigenvalue weighted by Crippen LogP contribution is -2.35. The second-order valence-corrected chi connectivity index (χ2v) is 5.98. The highest BCUT2D eigenvalue weighted by Gasteiger charge is 2.47. The van der Waals surface area contributed by atoms with Gasteiger partial charge >= 0.3 is 0 Å². The molecule has 2 fully saturated rings. The van der Waals surface area contributed by atoms with Gasteiger partial charge in [-0.15, -0.1) is 12.4 Å². The minimum absolute atomic E-state index is 0. The molecule has 6 heteroatoms. The number of hydrogen-bond acceptors (Lipinski definition) is 5. The maximum atomic E-state index is 5.59. The van der Waals surface area contributed by atoms with Crippen molar-refractivity contribution in [3.05, 3.63) is 36.2 Å². The predicted molar refractivity (Wildman–Crippen MR) is 85.1 cm³/mol. The summed E-state index contributed by atoms with van der Waals surface area (Å²) in [6, 6.07) is 9.98. The topological polar surface area (TPSA) is 60.2 Å². The zero-order valence-electron chi connectivity index (χ0n) is 12.3. The molecule has 1 unspecified atom stereocenters. The van der Waals surface area contributed by atoms with Crippen LogP contribution in [0.15, 0.2) is 34.9 Å². The molecule has 0 amide bonds. The van der Waals surface area contributed by atoms with Gasteiger partial charge in [0.05, 0.1) is 5.92 Å². The SMILES string of the molecule is Cl.c1ccc(-c2noc(C3CNCC34CCOCC4)n2)cc1. The van der Waals surface area contributed by atoms with Crippen molar-refractivity contribution in [1.29, 1.82) is 0 Å². The number of rotatable bonds is 2. The van der Waals surface area contributed by atoms with Gasteiger partial charge in [-0.05, 0) is 18.3 Å². The van der Waals surface area contributed by atoms with Gasteiger partial charge in [-0.25, -0.2) is 0 Å². The van der Waals surface area contributed by atoms with E-state index in [-0.39, 0.29) is 17.8 Å². The second-order valence-electron chi connectivity index (χ2n) is 5.98. The van der Waals surface area contributed by atoms with Gasteiger partial charge in [0, 0.05) is 31.9 Å². The average molecular weight is 322 g/mol. The van der Waals surface area contributed by atoms with Crippen LogP contribution in [0.25, 0.3) is 11.4 Å². The van der Waals surface area contributed by atoms with E-state index in [0.717, 1.165) is 50.6 Å². The molecule has 0 saturated carbocycles. The monoisotopic (exact) mass is 321 g/mol. The second kappa shape index (κ2) is 6.36. The third kappa shape index (κ3) is 2.64. The quantitative estimate of drug-likeness (QED) is 0.921. The summed E-state index contributed by atoms with van der Waals surface area (Å²) < 4.78 is 11.1. The van der Waals surface area contributed by atoms with Crippen LogP contribution in [0.1, 0.15) is 24.7 Å². The molecular weight excluding hydrogens is 302 g/mol. The van der Waals surface area contributed by atoms with Crippen molar-refractivity contribution in [2.45, 2.75) is 18.8 Å². The summed E-state index contributed by atoms with van der Waals surface area (Å²) in [7, 11) is 0. The maximum Gasteiger partial charge on any atom is 0.231 e. The van der Waals surface area contributed by atoms with E-state index in [1.807, 2.05) is 30.3 Å². The first kappa shape index (κ1) is 15.5. The fourth-order valence-corrected chi connectivity index (χ4v) is 3.54. The van der Waals surface area contributed by atoms with Crippen molar-refractivity contribution in [2.75, 3.05) is 26.3 Å². The van der Waals surface area contributed by atoms with Crippen LogP contribution in [-0.4, -0.2) is 36.4 Å². The van der Waals surface area contributed by atoms with E-state index in [4.69, 9.17) is 9.26 Å². The van der Waals surface area contributed by atoms with E-state index < -0.39 is 0 Å². The molecule has 1 N–H and O–H groups in total. The molecule has 1 aromatic carbocycles. The molecule has 1 spiro atoms. The molecule has 0 bridgehead atoms. The zero-order chi connectivity index (χ0) is 14.1. The lowest BCUT2D eigenvalue weighted by atomic mass is 9.72. The van der Waals surface area contributed by atoms with Gasteiger partial charge in [0.25, 0.3) is 0 Å². The summed E-state index contributed by atoms with van der Waals surface area (Å²) in [6.45, 7) is 3.59. The van der Waals surface area contributed by atoms with Crippen LogP contribution >= 0.6 is 12.4 Å². The Morgan fingerprint density at radius 3 is 2.68 bits per heavy atom. The van der Waals surface area contributed by atoms with Gasteiger partial charge in [0.1, 0.15) is 0 Å². The first-order chi connectivity index (χ1) is 10.4. The van der Waals surface area contributed by atoms with Crippen LogP contribution < -0.4 is 5.32 Å². The molecule has 1 atom stereocenters. The summed E-state index contributed by atoms with van der Waals surface area (Å²) >= 11 is 0. The maximum absolute atomic E-state index is 5.59. The van der Waals surface area contributed by atoms with Crippen LogP contribution in [0.2, 0.25) is 0 Å². The number of nitrogens with zero attached hydrogens (tertiary/aromatic N) is 2. The highest BCUT2D eigenvalue weighted by atomic mass is 35.5. The lowest BCUT2D eigenvalue weighted by molar-refractivity contribution is 0.0122. The summed E-state index contributed by atoms with van der Waals surface area (Å²) in [6.07, 6.45) is 2.13. The number of halogens is 1. The zero-order valence-corrected chi connectivity index (χ0v) is 13.1. The Morgan fingerprint density at radius 1 is 1.14 bits per heavy atom. The van der Waals surface area contributed by atoms with Gasteiger partial charge in [-0.1, -0.05) is 35.5 Å². The molecule has 1 aromatic heterocycles. The third-order valence-corrected chi connectivity index (χ3v) is 4.83. The molecule has 3 heterocycles. The third-order valence-electron chi connectivity index (χ3n) is 4.83. The molecular formula is C16H20ClN3O2. The van der Waals surface area contributed by atoms with E-state index in [9.17, 15) is 0 Å². The lowest BCUT2D eigenvalue weighted by Gasteiger charge is -2.36.